The van der Waals surface area contributed by atoms with Gasteiger partial charge in [-0.3, -0.25) is 10.1 Å². The van der Waals surface area contributed by atoms with Crippen molar-refractivity contribution in [3.63, 3.8) is 0 Å². The van der Waals surface area contributed by atoms with Crippen LogP contribution in [0.4, 0.5) is 5.69 Å². The largest absolute Gasteiger partial charge is 0.317 e. The van der Waals surface area contributed by atoms with Crippen LogP contribution in [-0.2, 0) is 6.42 Å². The van der Waals surface area contributed by atoms with E-state index in [0.717, 1.165) is 24.8 Å². The van der Waals surface area contributed by atoms with Crippen molar-refractivity contribution in [1.82, 2.24) is 5.32 Å². The van der Waals surface area contributed by atoms with Gasteiger partial charge in [0.25, 0.3) is 5.69 Å². The van der Waals surface area contributed by atoms with Gasteiger partial charge in [0.15, 0.2) is 0 Å². The molecular formula is C12H18N2O2. The van der Waals surface area contributed by atoms with Crippen LogP contribution in [0.1, 0.15) is 25.3 Å². The molecule has 0 aromatic heterocycles. The number of nitro benzene ring substituents is 1. The lowest BCUT2D eigenvalue weighted by Gasteiger charge is -2.09. The molecule has 1 unspecified atom stereocenters. The lowest BCUT2D eigenvalue weighted by atomic mass is 10.0. The molecule has 0 fully saturated rings. The van der Waals surface area contributed by atoms with Gasteiger partial charge in [-0.1, -0.05) is 18.2 Å². The Morgan fingerprint density at radius 1 is 1.44 bits per heavy atom. The summed E-state index contributed by atoms with van der Waals surface area (Å²) in [6.07, 6.45) is 2.76. The fraction of sp³-hybridized carbons (Fsp3) is 0.500. The van der Waals surface area contributed by atoms with E-state index in [2.05, 4.69) is 12.2 Å². The van der Waals surface area contributed by atoms with Crippen molar-refractivity contribution in [2.75, 3.05) is 7.05 Å². The molecular weight excluding hydrogens is 204 g/mol. The molecule has 0 radical (unpaired) electrons. The summed E-state index contributed by atoms with van der Waals surface area (Å²) >= 11 is 0. The van der Waals surface area contributed by atoms with Gasteiger partial charge in [-0.25, -0.2) is 0 Å². The Morgan fingerprint density at radius 3 is 2.75 bits per heavy atom. The van der Waals surface area contributed by atoms with Crippen LogP contribution in [0, 0.1) is 10.1 Å². The summed E-state index contributed by atoms with van der Waals surface area (Å²) < 4.78 is 0. The quantitative estimate of drug-likeness (QED) is 0.594. The van der Waals surface area contributed by atoms with Crippen molar-refractivity contribution < 1.29 is 4.92 Å². The van der Waals surface area contributed by atoms with E-state index in [1.165, 1.54) is 0 Å². The summed E-state index contributed by atoms with van der Waals surface area (Å²) in [6, 6.07) is 7.42. The van der Waals surface area contributed by atoms with Crippen molar-refractivity contribution in [3.05, 3.63) is 39.9 Å². The van der Waals surface area contributed by atoms with Gasteiger partial charge in [-0.15, -0.1) is 0 Å². The lowest BCUT2D eigenvalue weighted by molar-refractivity contribution is -0.385. The molecule has 88 valence electrons. The standard InChI is InChI=1S/C12H18N2O2/c1-10(13-2)6-5-8-11-7-3-4-9-12(11)14(15)16/h3-4,7,9-10,13H,5-6,8H2,1-2H3. The third-order valence-corrected chi connectivity index (χ3v) is 2.76. The third kappa shape index (κ3) is 3.62. The maximum atomic E-state index is 10.8. The van der Waals surface area contributed by atoms with Gasteiger partial charge in [0.1, 0.15) is 0 Å². The number of para-hydroxylation sites is 1. The third-order valence-electron chi connectivity index (χ3n) is 2.76. The van der Waals surface area contributed by atoms with Crippen LogP contribution in [0.2, 0.25) is 0 Å². The Kier molecular flexibility index (Phi) is 4.92. The van der Waals surface area contributed by atoms with Gasteiger partial charge in [-0.05, 0) is 33.2 Å². The van der Waals surface area contributed by atoms with Gasteiger partial charge < -0.3 is 5.32 Å². The van der Waals surface area contributed by atoms with Crippen LogP contribution < -0.4 is 5.32 Å². The molecule has 1 aromatic rings. The molecule has 0 bridgehead atoms. The maximum Gasteiger partial charge on any atom is 0.272 e. The molecule has 0 aliphatic rings. The molecule has 0 aliphatic heterocycles. The van der Waals surface area contributed by atoms with Crippen LogP contribution in [-0.4, -0.2) is 18.0 Å². The predicted octanol–water partition coefficient (Wildman–Crippen LogP) is 2.53. The fourth-order valence-electron chi connectivity index (χ4n) is 1.64. The predicted molar refractivity (Wildman–Crippen MR) is 64.6 cm³/mol. The van der Waals surface area contributed by atoms with E-state index in [9.17, 15) is 10.1 Å². The summed E-state index contributed by atoms with van der Waals surface area (Å²) in [5.41, 5.74) is 1.07. The van der Waals surface area contributed by atoms with Gasteiger partial charge in [0.2, 0.25) is 0 Å². The van der Waals surface area contributed by atoms with Crippen LogP contribution in [0.5, 0.6) is 0 Å². The van der Waals surface area contributed by atoms with Gasteiger partial charge in [0.05, 0.1) is 4.92 Å². The number of nitrogens with zero attached hydrogens (tertiary/aromatic N) is 1. The molecule has 0 saturated heterocycles. The van der Waals surface area contributed by atoms with E-state index in [1.54, 1.807) is 12.1 Å². The molecule has 1 N–H and O–H groups in total. The summed E-state index contributed by atoms with van der Waals surface area (Å²) in [6.45, 7) is 2.11. The normalized spacial score (nSPS) is 12.4. The monoisotopic (exact) mass is 222 g/mol. The van der Waals surface area contributed by atoms with Gasteiger partial charge in [0, 0.05) is 17.7 Å². The van der Waals surface area contributed by atoms with Crippen LogP contribution in [0.25, 0.3) is 0 Å². The maximum absolute atomic E-state index is 10.8. The molecule has 1 aromatic carbocycles. The zero-order chi connectivity index (χ0) is 12.0. The first-order valence-corrected chi connectivity index (χ1v) is 5.54. The number of rotatable bonds is 6. The molecule has 0 spiro atoms. The Morgan fingerprint density at radius 2 is 2.12 bits per heavy atom. The number of nitrogens with one attached hydrogen (secondary N) is 1. The van der Waals surface area contributed by atoms with Crippen molar-refractivity contribution in [2.24, 2.45) is 0 Å². The Hall–Kier alpha value is -1.42. The first-order valence-electron chi connectivity index (χ1n) is 5.54. The zero-order valence-electron chi connectivity index (χ0n) is 9.77. The van der Waals surface area contributed by atoms with E-state index in [0.29, 0.717) is 6.04 Å². The highest BCUT2D eigenvalue weighted by atomic mass is 16.6. The summed E-state index contributed by atoms with van der Waals surface area (Å²) in [4.78, 5) is 10.5. The summed E-state index contributed by atoms with van der Waals surface area (Å²) in [7, 11) is 1.93. The van der Waals surface area contributed by atoms with Crippen LogP contribution in [0.3, 0.4) is 0 Å². The first-order chi connectivity index (χ1) is 7.65. The highest BCUT2D eigenvalue weighted by Gasteiger charge is 2.11. The van der Waals surface area contributed by atoms with Crippen molar-refractivity contribution in [3.8, 4) is 0 Å². The summed E-state index contributed by atoms with van der Waals surface area (Å²) in [5.74, 6) is 0. The first kappa shape index (κ1) is 12.6. The van der Waals surface area contributed by atoms with Crippen LogP contribution >= 0.6 is 0 Å². The molecule has 1 atom stereocenters. The minimum absolute atomic E-state index is 0.236. The van der Waals surface area contributed by atoms with E-state index in [4.69, 9.17) is 0 Å². The van der Waals surface area contributed by atoms with E-state index >= 15 is 0 Å². The molecule has 0 saturated carbocycles. The fourth-order valence-corrected chi connectivity index (χ4v) is 1.64. The lowest BCUT2D eigenvalue weighted by Crippen LogP contribution is -2.20. The number of aryl methyl sites for hydroxylation is 1. The van der Waals surface area contributed by atoms with Crippen molar-refractivity contribution >= 4 is 5.69 Å². The second kappa shape index (κ2) is 6.23. The Balaban J connectivity index is 2.56. The molecule has 16 heavy (non-hydrogen) atoms. The molecule has 0 heterocycles. The number of hydrogen-bond acceptors (Lipinski definition) is 3. The molecule has 0 aliphatic carbocycles. The molecule has 1 rings (SSSR count). The minimum atomic E-state index is -0.309. The number of nitro groups is 1. The highest BCUT2D eigenvalue weighted by molar-refractivity contribution is 5.39. The topological polar surface area (TPSA) is 55.2 Å². The average Bonchev–Trinajstić information content (AvgIpc) is 2.29. The second-order valence-corrected chi connectivity index (χ2v) is 3.97. The van der Waals surface area contributed by atoms with E-state index < -0.39 is 0 Å². The highest BCUT2D eigenvalue weighted by Crippen LogP contribution is 2.19. The van der Waals surface area contributed by atoms with Crippen LogP contribution in [0.15, 0.2) is 24.3 Å². The van der Waals surface area contributed by atoms with E-state index in [-0.39, 0.29) is 10.6 Å². The smallest absolute Gasteiger partial charge is 0.272 e. The zero-order valence-corrected chi connectivity index (χ0v) is 9.77. The Labute approximate surface area is 95.8 Å². The Bertz CT molecular complexity index is 353. The minimum Gasteiger partial charge on any atom is -0.317 e. The average molecular weight is 222 g/mol. The molecule has 4 nitrogen and oxygen atoms in total. The SMILES string of the molecule is CNC(C)CCCc1ccccc1[N+](=O)[O-]. The second-order valence-electron chi connectivity index (χ2n) is 3.97. The van der Waals surface area contributed by atoms with Gasteiger partial charge >= 0.3 is 0 Å². The molecule has 4 heteroatoms. The summed E-state index contributed by atoms with van der Waals surface area (Å²) in [5, 5.41) is 13.9. The molecule has 0 amide bonds. The van der Waals surface area contributed by atoms with Gasteiger partial charge in [-0.2, -0.15) is 0 Å². The van der Waals surface area contributed by atoms with Crippen molar-refractivity contribution in [1.29, 1.82) is 0 Å². The van der Waals surface area contributed by atoms with Crippen molar-refractivity contribution in [2.45, 2.75) is 32.2 Å². The number of benzene rings is 1. The van der Waals surface area contributed by atoms with E-state index in [1.807, 2.05) is 19.2 Å². The number of hydrogen-bond donors (Lipinski definition) is 1.